The van der Waals surface area contributed by atoms with E-state index in [1.807, 2.05) is 13.8 Å². The van der Waals surface area contributed by atoms with Crippen LogP contribution in [0.25, 0.3) is 0 Å². The number of rotatable bonds is 9. The molecule has 0 bridgehead atoms. The third kappa shape index (κ3) is 14.8. The first kappa shape index (κ1) is 40.5. The highest BCUT2D eigenvalue weighted by Crippen LogP contribution is 2.36. The Kier molecular flexibility index (Phi) is 19.5. The number of carbonyl (C=O) groups excluding carboxylic acids is 2. The number of methoxy groups -OCH3 is 1. The van der Waals surface area contributed by atoms with Crippen molar-refractivity contribution in [3.8, 4) is 11.8 Å². The Hall–Kier alpha value is -3.51. The van der Waals surface area contributed by atoms with Gasteiger partial charge in [0.25, 0.3) is 0 Å². The number of benzene rings is 3. The minimum Gasteiger partial charge on any atom is -0.495 e. The number of anilines is 1. The number of ketones is 1. The lowest BCUT2D eigenvalue weighted by Crippen LogP contribution is -2.27. The summed E-state index contributed by atoms with van der Waals surface area (Å²) in [4.78, 5) is 21.3. The molecule has 0 radical (unpaired) electrons. The summed E-state index contributed by atoms with van der Waals surface area (Å²) in [6.07, 6.45) is 1.27. The standard InChI is InChI=1S/C16H22ClFN2.C10H11NO3.C6H4ClF.C2H6/c1-16(2,3)8-11(9-19)13(10-20-4)12-6-5-7-14(17)15(12)18;1-7(13)8-3-4-9(11-6-12)10(5-8)14-2;7-5-2-1-3-6(8)4-5;1-2/h5-7,11,13,20H,8,10H2,1-4H3;3-6H,1-2H3,(H,11,12);1-4H;1-2H3. The van der Waals surface area contributed by atoms with E-state index in [1.54, 1.807) is 49.5 Å². The van der Waals surface area contributed by atoms with Gasteiger partial charge in [0.15, 0.2) is 5.78 Å². The van der Waals surface area contributed by atoms with E-state index in [2.05, 4.69) is 37.5 Å². The van der Waals surface area contributed by atoms with Crippen LogP contribution < -0.4 is 15.4 Å². The normalized spacial score (nSPS) is 11.4. The third-order valence-electron chi connectivity index (χ3n) is 5.90. The molecule has 0 spiro atoms. The van der Waals surface area contributed by atoms with Crippen molar-refractivity contribution in [2.75, 3.05) is 26.0 Å². The van der Waals surface area contributed by atoms with Crippen molar-refractivity contribution in [1.29, 1.82) is 5.26 Å². The van der Waals surface area contributed by atoms with E-state index < -0.39 is 5.82 Å². The van der Waals surface area contributed by atoms with Gasteiger partial charge in [0.1, 0.15) is 17.4 Å². The van der Waals surface area contributed by atoms with Gasteiger partial charge < -0.3 is 15.4 Å². The number of nitrogens with one attached hydrogen (secondary N) is 2. The van der Waals surface area contributed by atoms with E-state index in [0.29, 0.717) is 47.0 Å². The molecule has 3 rings (SSSR count). The Morgan fingerprint density at radius 2 is 1.70 bits per heavy atom. The zero-order chi connectivity index (χ0) is 33.9. The summed E-state index contributed by atoms with van der Waals surface area (Å²) in [6, 6.07) is 18.0. The van der Waals surface area contributed by atoms with Gasteiger partial charge in [-0.1, -0.05) is 76.0 Å². The quantitative estimate of drug-likeness (QED) is 0.178. The zero-order valence-electron chi connectivity index (χ0n) is 26.6. The molecule has 6 nitrogen and oxygen atoms in total. The van der Waals surface area contributed by atoms with Crippen LogP contribution >= 0.6 is 23.2 Å². The van der Waals surface area contributed by atoms with Gasteiger partial charge in [-0.3, -0.25) is 9.59 Å². The number of nitrogens with zero attached hydrogens (tertiary/aromatic N) is 1. The monoisotopic (exact) mass is 649 g/mol. The van der Waals surface area contributed by atoms with Crippen LogP contribution in [0.3, 0.4) is 0 Å². The van der Waals surface area contributed by atoms with Crippen LogP contribution in [-0.4, -0.2) is 32.9 Å². The molecule has 0 saturated heterocycles. The second-order valence-corrected chi connectivity index (χ2v) is 11.3. The number of likely N-dealkylation sites (N-methyl/N-ethyl adjacent to an activating group) is 1. The highest BCUT2D eigenvalue weighted by Gasteiger charge is 2.29. The predicted molar refractivity (Wildman–Crippen MR) is 177 cm³/mol. The molecule has 240 valence electrons. The molecule has 2 atom stereocenters. The fourth-order valence-electron chi connectivity index (χ4n) is 3.99. The lowest BCUT2D eigenvalue weighted by Gasteiger charge is -2.28. The van der Waals surface area contributed by atoms with E-state index in [0.717, 1.165) is 0 Å². The Morgan fingerprint density at radius 3 is 2.16 bits per heavy atom. The van der Waals surface area contributed by atoms with E-state index in [-0.39, 0.29) is 33.9 Å². The van der Waals surface area contributed by atoms with Gasteiger partial charge in [0, 0.05) is 23.0 Å². The molecular weight excluding hydrogens is 607 g/mol. The molecule has 1 amide bonds. The summed E-state index contributed by atoms with van der Waals surface area (Å²) >= 11 is 11.3. The van der Waals surface area contributed by atoms with E-state index >= 15 is 0 Å². The van der Waals surface area contributed by atoms with E-state index in [9.17, 15) is 23.6 Å². The average Bonchev–Trinajstić information content (AvgIpc) is 2.98. The van der Waals surface area contributed by atoms with E-state index in [4.69, 9.17) is 27.9 Å². The van der Waals surface area contributed by atoms with Crippen molar-refractivity contribution < 1.29 is 23.1 Å². The predicted octanol–water partition coefficient (Wildman–Crippen LogP) is 9.33. The number of ether oxygens (including phenoxy) is 1. The van der Waals surface area contributed by atoms with Crippen molar-refractivity contribution in [1.82, 2.24) is 5.32 Å². The lowest BCUT2D eigenvalue weighted by molar-refractivity contribution is -0.105. The molecule has 0 saturated carbocycles. The number of halogens is 4. The maximum absolute atomic E-state index is 14.2. The first-order valence-corrected chi connectivity index (χ1v) is 14.8. The molecule has 44 heavy (non-hydrogen) atoms. The summed E-state index contributed by atoms with van der Waals surface area (Å²) in [6.45, 7) is 12.3. The summed E-state index contributed by atoms with van der Waals surface area (Å²) < 4.78 is 31.3. The van der Waals surface area contributed by atoms with Crippen LogP contribution in [0.2, 0.25) is 10.0 Å². The maximum Gasteiger partial charge on any atom is 0.211 e. The van der Waals surface area contributed by atoms with Crippen molar-refractivity contribution in [2.45, 2.75) is 53.9 Å². The van der Waals surface area contributed by atoms with Crippen molar-refractivity contribution >= 4 is 41.1 Å². The molecule has 3 aromatic carbocycles. The summed E-state index contributed by atoms with van der Waals surface area (Å²) in [5.74, 6) is -0.731. The fraction of sp³-hybridized carbons (Fsp3) is 0.382. The zero-order valence-corrected chi connectivity index (χ0v) is 28.1. The van der Waals surface area contributed by atoms with Gasteiger partial charge in [-0.05, 0) is 73.8 Å². The Morgan fingerprint density at radius 1 is 1.07 bits per heavy atom. The minimum atomic E-state index is -0.413. The molecule has 3 aromatic rings. The van der Waals surface area contributed by atoms with Gasteiger partial charge in [-0.25, -0.2) is 8.78 Å². The number of amides is 1. The topological polar surface area (TPSA) is 91.2 Å². The first-order chi connectivity index (χ1) is 20.8. The molecule has 0 aliphatic carbocycles. The third-order valence-corrected chi connectivity index (χ3v) is 6.42. The van der Waals surface area contributed by atoms with Crippen LogP contribution in [0.1, 0.15) is 69.8 Å². The van der Waals surface area contributed by atoms with Gasteiger partial charge in [-0.2, -0.15) is 5.26 Å². The van der Waals surface area contributed by atoms with Crippen molar-refractivity contribution in [3.63, 3.8) is 0 Å². The summed E-state index contributed by atoms with van der Waals surface area (Å²) in [7, 11) is 3.29. The molecular formula is C34H43Cl2F2N3O3. The molecule has 2 N–H and O–H groups in total. The van der Waals surface area contributed by atoms with Crippen LogP contribution in [0.5, 0.6) is 5.75 Å². The molecule has 10 heteroatoms. The number of carbonyl (C=O) groups is 2. The molecule has 0 aromatic heterocycles. The molecule has 2 unspecified atom stereocenters. The number of hydrogen-bond donors (Lipinski definition) is 2. The van der Waals surface area contributed by atoms with Crippen LogP contribution in [0, 0.1) is 34.3 Å². The van der Waals surface area contributed by atoms with Gasteiger partial charge in [0.05, 0.1) is 29.8 Å². The lowest BCUT2D eigenvalue weighted by atomic mass is 9.76. The highest BCUT2D eigenvalue weighted by atomic mass is 35.5. The molecule has 0 fully saturated rings. The maximum atomic E-state index is 14.2. The molecule has 0 aliphatic rings. The Balaban J connectivity index is 0.000000665. The van der Waals surface area contributed by atoms with Gasteiger partial charge in [0.2, 0.25) is 6.41 Å². The van der Waals surface area contributed by atoms with Crippen LogP contribution in [0.15, 0.2) is 60.7 Å². The second kappa shape index (κ2) is 21.2. The van der Waals surface area contributed by atoms with Gasteiger partial charge >= 0.3 is 0 Å². The summed E-state index contributed by atoms with van der Waals surface area (Å²) in [5.41, 5.74) is 1.63. The van der Waals surface area contributed by atoms with Crippen LogP contribution in [0.4, 0.5) is 14.5 Å². The first-order valence-electron chi connectivity index (χ1n) is 14.1. The smallest absolute Gasteiger partial charge is 0.211 e. The largest absolute Gasteiger partial charge is 0.495 e. The Labute approximate surface area is 270 Å². The second-order valence-electron chi connectivity index (χ2n) is 10.5. The number of nitriles is 1. The number of Topliss-reactive ketones (excluding diaryl/α,β-unsaturated/α-hetero) is 1. The molecule has 0 heterocycles. The van der Waals surface area contributed by atoms with Gasteiger partial charge in [-0.15, -0.1) is 0 Å². The summed E-state index contributed by atoms with van der Waals surface area (Å²) in [5, 5.41) is 15.5. The van der Waals surface area contributed by atoms with E-state index in [1.165, 1.54) is 32.2 Å². The van der Waals surface area contributed by atoms with Crippen molar-refractivity contribution in [3.05, 3.63) is 93.5 Å². The number of hydrogen-bond acceptors (Lipinski definition) is 5. The van der Waals surface area contributed by atoms with Crippen molar-refractivity contribution in [2.24, 2.45) is 11.3 Å². The Bertz CT molecular complexity index is 1340. The average molecular weight is 651 g/mol. The van der Waals surface area contributed by atoms with Crippen LogP contribution in [-0.2, 0) is 4.79 Å². The SMILES string of the molecule is CC.CNCC(c1cccc(Cl)c1F)C(C#N)CC(C)(C)C.COc1cc(C(C)=O)ccc1NC=O.Fc1cccc(Cl)c1. The highest BCUT2D eigenvalue weighted by molar-refractivity contribution is 6.31. The molecule has 0 aliphatic heterocycles. The fourth-order valence-corrected chi connectivity index (χ4v) is 4.35. The minimum absolute atomic E-state index is 0.0153.